The summed E-state index contributed by atoms with van der Waals surface area (Å²) in [6.45, 7) is 2.00. The lowest BCUT2D eigenvalue weighted by molar-refractivity contribution is -0.136. The van der Waals surface area contributed by atoms with E-state index in [4.69, 9.17) is 15.1 Å². The fourth-order valence-corrected chi connectivity index (χ4v) is 7.37. The van der Waals surface area contributed by atoms with Gasteiger partial charge in [-0.1, -0.05) is 0 Å². The van der Waals surface area contributed by atoms with E-state index in [9.17, 15) is 24.3 Å². The van der Waals surface area contributed by atoms with E-state index in [-0.39, 0.29) is 36.1 Å². The molecule has 48 heavy (non-hydrogen) atoms. The molecule has 3 aliphatic heterocycles. The Bertz CT molecular complexity index is 2030. The number of aliphatic hydroxyl groups is 1. The van der Waals surface area contributed by atoms with Crippen molar-refractivity contribution in [1.29, 1.82) is 0 Å². The van der Waals surface area contributed by atoms with Crippen LogP contribution in [0.15, 0.2) is 48.8 Å². The van der Waals surface area contributed by atoms with Crippen LogP contribution >= 0.6 is 0 Å². The number of nitrogens with one attached hydrogen (secondary N) is 2. The molecule has 0 bridgehead atoms. The van der Waals surface area contributed by atoms with Gasteiger partial charge in [0, 0.05) is 55.1 Å². The Labute approximate surface area is 275 Å². The van der Waals surface area contributed by atoms with Crippen LogP contribution in [0.3, 0.4) is 0 Å². The molecule has 2 aliphatic carbocycles. The zero-order valence-corrected chi connectivity index (χ0v) is 26.1. The predicted molar refractivity (Wildman–Crippen MR) is 174 cm³/mol. The number of anilines is 2. The van der Waals surface area contributed by atoms with Gasteiger partial charge in [-0.25, -0.2) is 4.98 Å². The Morgan fingerprint density at radius 1 is 0.917 bits per heavy atom. The van der Waals surface area contributed by atoms with E-state index in [2.05, 4.69) is 26.4 Å². The first-order valence-electron chi connectivity index (χ1n) is 16.7. The van der Waals surface area contributed by atoms with Crippen LogP contribution in [0.4, 0.5) is 11.4 Å². The molecular formula is C35H34N8O5. The number of carbonyl (C=O) groups excluding carboxylic acids is 4. The minimum absolute atomic E-state index is 0.0889. The van der Waals surface area contributed by atoms with Crippen molar-refractivity contribution in [2.24, 2.45) is 5.92 Å². The van der Waals surface area contributed by atoms with Crippen molar-refractivity contribution in [3.63, 3.8) is 0 Å². The highest BCUT2D eigenvalue weighted by Crippen LogP contribution is 2.46. The van der Waals surface area contributed by atoms with Crippen molar-refractivity contribution in [2.45, 2.75) is 62.6 Å². The normalized spacial score (nSPS) is 24.1. The first-order chi connectivity index (χ1) is 23.3. The number of hydrogen-bond acceptors (Lipinski definition) is 10. The van der Waals surface area contributed by atoms with Gasteiger partial charge < -0.3 is 15.3 Å². The van der Waals surface area contributed by atoms with Crippen LogP contribution in [-0.2, 0) is 9.59 Å². The third-order valence-electron chi connectivity index (χ3n) is 10.4. The van der Waals surface area contributed by atoms with Gasteiger partial charge in [0.2, 0.25) is 11.8 Å². The van der Waals surface area contributed by atoms with E-state index < -0.39 is 29.7 Å². The first kappa shape index (κ1) is 29.0. The highest BCUT2D eigenvalue weighted by Gasteiger charge is 2.45. The number of aromatic nitrogens is 4. The van der Waals surface area contributed by atoms with Gasteiger partial charge >= 0.3 is 0 Å². The number of hydrogen-bond donors (Lipinski definition) is 3. The number of fused-ring (bicyclic) bond motifs is 2. The van der Waals surface area contributed by atoms with E-state index in [0.29, 0.717) is 31.5 Å². The Morgan fingerprint density at radius 2 is 1.73 bits per heavy atom. The summed E-state index contributed by atoms with van der Waals surface area (Å²) in [5.74, 6) is -1.15. The number of amides is 4. The first-order valence-corrected chi connectivity index (χ1v) is 16.7. The van der Waals surface area contributed by atoms with Gasteiger partial charge in [0.1, 0.15) is 6.04 Å². The van der Waals surface area contributed by atoms with Crippen molar-refractivity contribution in [3.05, 3.63) is 65.6 Å². The molecule has 13 nitrogen and oxygen atoms in total. The summed E-state index contributed by atoms with van der Waals surface area (Å²) >= 11 is 0. The lowest BCUT2D eigenvalue weighted by Crippen LogP contribution is -2.54. The minimum Gasteiger partial charge on any atom is -0.389 e. The van der Waals surface area contributed by atoms with E-state index >= 15 is 0 Å². The summed E-state index contributed by atoms with van der Waals surface area (Å²) in [4.78, 5) is 62.9. The fourth-order valence-electron chi connectivity index (χ4n) is 7.37. The highest BCUT2D eigenvalue weighted by atomic mass is 16.3. The molecule has 2 aromatic heterocycles. The third kappa shape index (κ3) is 4.91. The maximum atomic E-state index is 13.2. The van der Waals surface area contributed by atoms with Gasteiger partial charge in [-0.2, -0.15) is 5.10 Å². The van der Waals surface area contributed by atoms with Crippen LogP contribution in [-0.4, -0.2) is 85.2 Å². The summed E-state index contributed by atoms with van der Waals surface area (Å²) in [6, 6.07) is 10.5. The monoisotopic (exact) mass is 646 g/mol. The number of piperidine rings is 1. The summed E-state index contributed by atoms with van der Waals surface area (Å²) in [7, 11) is 0. The molecule has 2 saturated heterocycles. The van der Waals surface area contributed by atoms with Crippen LogP contribution in [0.5, 0.6) is 0 Å². The molecular weight excluding hydrogens is 612 g/mol. The zero-order chi connectivity index (χ0) is 32.7. The number of benzene rings is 2. The number of imide groups is 2. The smallest absolute Gasteiger partial charge is 0.262 e. The molecule has 5 aliphatic rings. The van der Waals surface area contributed by atoms with Gasteiger partial charge in [0.05, 0.1) is 51.9 Å². The molecule has 3 N–H and O–H groups in total. The number of rotatable bonds is 8. The topological polar surface area (TPSA) is 163 Å². The molecule has 2 saturated carbocycles. The van der Waals surface area contributed by atoms with Gasteiger partial charge in [0.25, 0.3) is 11.8 Å². The predicted octanol–water partition coefficient (Wildman–Crippen LogP) is 3.02. The molecule has 4 aromatic rings. The van der Waals surface area contributed by atoms with Crippen LogP contribution < -0.4 is 15.5 Å². The Hall–Kier alpha value is -5.17. The molecule has 9 rings (SSSR count). The average Bonchev–Trinajstić information content (AvgIpc) is 3.76. The van der Waals surface area contributed by atoms with Crippen molar-refractivity contribution in [1.82, 2.24) is 30.0 Å². The van der Waals surface area contributed by atoms with Crippen molar-refractivity contribution < 1.29 is 24.3 Å². The summed E-state index contributed by atoms with van der Waals surface area (Å²) in [5.41, 5.74) is 6.98. The number of β-amino-alcohol motifs (C(OH)–C–C–N with tert-alkyl or cyclic N) is 1. The minimum atomic E-state index is -0.977. The molecule has 4 fully saturated rings. The molecule has 4 amide bonds. The molecule has 2 aromatic carbocycles. The van der Waals surface area contributed by atoms with Crippen LogP contribution in [0.25, 0.3) is 22.3 Å². The summed E-state index contributed by atoms with van der Waals surface area (Å²) in [5, 5.41) is 20.4. The van der Waals surface area contributed by atoms with Crippen LogP contribution in [0.1, 0.15) is 76.9 Å². The largest absolute Gasteiger partial charge is 0.389 e. The summed E-state index contributed by atoms with van der Waals surface area (Å²) < 4.78 is 2.10. The third-order valence-corrected chi connectivity index (χ3v) is 10.4. The van der Waals surface area contributed by atoms with E-state index in [1.807, 2.05) is 24.4 Å². The fraction of sp³-hybridized carbons (Fsp3) is 0.400. The second kappa shape index (κ2) is 10.9. The second-order valence-corrected chi connectivity index (χ2v) is 13.7. The molecule has 1 atom stereocenters. The average molecular weight is 647 g/mol. The lowest BCUT2D eigenvalue weighted by atomic mass is 9.80. The second-order valence-electron chi connectivity index (χ2n) is 13.7. The standard InChI is InChI=1S/C35H34N8O5/c44-23-15-41(16-23)21-4-6-27-28(12-21)37-14-29(38-27)26-17-42(40-32(26)19-1-2-19)22-9-18(10-22)13-36-20-3-5-24-25(11-20)35(48)43(34(24)47)30-7-8-31(45)39-33(30)46/h3-6,11-12,14,17-19,22-23,30,36,44H,1-2,7-10,13,15-16H2,(H,39,45,46)/t18-,22-,30?. The highest BCUT2D eigenvalue weighted by molar-refractivity contribution is 6.23. The molecule has 0 spiro atoms. The van der Waals surface area contributed by atoms with Crippen molar-refractivity contribution in [2.75, 3.05) is 29.9 Å². The molecule has 244 valence electrons. The molecule has 1 unspecified atom stereocenters. The maximum absolute atomic E-state index is 13.2. The van der Waals surface area contributed by atoms with Gasteiger partial charge in [0.15, 0.2) is 0 Å². The molecule has 13 heteroatoms. The Morgan fingerprint density at radius 3 is 2.50 bits per heavy atom. The molecule has 0 radical (unpaired) electrons. The number of carbonyl (C=O) groups is 4. The SMILES string of the molecule is O=C1CCC(N2C(=O)c3ccc(NC[C@H]4C[C@H](n5cc(-c6cnc7cc(N8CC(O)C8)ccc7n6)c(C6CC6)n5)C4)cc3C2=O)C(=O)N1. The van der Waals surface area contributed by atoms with E-state index in [1.54, 1.807) is 18.2 Å². The number of aliphatic hydroxyl groups excluding tert-OH is 1. The number of nitrogens with zero attached hydrogens (tertiary/aromatic N) is 6. The van der Waals surface area contributed by atoms with E-state index in [0.717, 1.165) is 69.9 Å². The van der Waals surface area contributed by atoms with Gasteiger partial charge in [-0.15, -0.1) is 0 Å². The van der Waals surface area contributed by atoms with Gasteiger partial charge in [-0.05, 0) is 74.4 Å². The Balaban J connectivity index is 0.851. The lowest BCUT2D eigenvalue weighted by Gasteiger charge is -2.37. The van der Waals surface area contributed by atoms with Crippen LogP contribution in [0, 0.1) is 5.92 Å². The molecule has 5 heterocycles. The Kier molecular flexibility index (Phi) is 6.61. The van der Waals surface area contributed by atoms with Crippen LogP contribution in [0.2, 0.25) is 0 Å². The summed E-state index contributed by atoms with van der Waals surface area (Å²) in [6.07, 6.45) is 8.11. The maximum Gasteiger partial charge on any atom is 0.262 e. The van der Waals surface area contributed by atoms with Crippen molar-refractivity contribution in [3.8, 4) is 11.3 Å². The van der Waals surface area contributed by atoms with Gasteiger partial charge in [-0.3, -0.25) is 39.1 Å². The van der Waals surface area contributed by atoms with E-state index in [1.165, 1.54) is 0 Å². The quantitative estimate of drug-likeness (QED) is 0.243. The van der Waals surface area contributed by atoms with Crippen molar-refractivity contribution >= 4 is 46.0 Å². The zero-order valence-electron chi connectivity index (χ0n) is 26.1.